The summed E-state index contributed by atoms with van der Waals surface area (Å²) in [6.45, 7) is 4.90. The van der Waals surface area contributed by atoms with Crippen LogP contribution in [-0.4, -0.2) is 37.2 Å². The molecular formula is C30H30N2O4. The van der Waals surface area contributed by atoms with Crippen LogP contribution in [0.1, 0.15) is 44.8 Å². The lowest BCUT2D eigenvalue weighted by molar-refractivity contribution is 0.0696. The smallest absolute Gasteiger partial charge is 0.335 e. The van der Waals surface area contributed by atoms with Crippen LogP contribution in [0.5, 0.6) is 5.75 Å². The van der Waals surface area contributed by atoms with Gasteiger partial charge in [0.2, 0.25) is 0 Å². The molecule has 0 saturated heterocycles. The number of fused-ring (bicyclic) bond motifs is 1. The van der Waals surface area contributed by atoms with Crippen molar-refractivity contribution in [3.8, 4) is 16.9 Å². The molecule has 6 nitrogen and oxygen atoms in total. The quantitative estimate of drug-likeness (QED) is 0.270. The molecule has 0 aliphatic rings. The summed E-state index contributed by atoms with van der Waals surface area (Å²) in [4.78, 5) is 24.0. The molecule has 1 atom stereocenters. The van der Waals surface area contributed by atoms with Crippen molar-refractivity contribution >= 4 is 22.6 Å². The van der Waals surface area contributed by atoms with Gasteiger partial charge in [-0.25, -0.2) is 4.79 Å². The molecule has 0 radical (unpaired) electrons. The number of rotatable bonds is 9. The topological polar surface area (TPSA) is 87.7 Å². The largest absolute Gasteiger partial charge is 0.492 e. The van der Waals surface area contributed by atoms with Crippen molar-refractivity contribution in [2.45, 2.75) is 19.9 Å². The summed E-state index contributed by atoms with van der Waals surface area (Å²) in [7, 11) is 1.57. The van der Waals surface area contributed by atoms with Gasteiger partial charge in [-0.2, -0.15) is 0 Å². The standard InChI is InChI=1S/C30H30N2O4/c1-19-11-12-22(18-28(19)30(34)35)23-15-24(29(33)31-3)17-25(16-23)36-14-13-32-20(2)26-10-6-8-21-7-4-5-9-27(21)26/h4-12,15-18,20,32H,13-14H2,1-3H3,(H,31,33)(H,34,35). The molecule has 1 unspecified atom stereocenters. The van der Waals surface area contributed by atoms with Crippen LogP contribution < -0.4 is 15.4 Å². The third-order valence-electron chi connectivity index (χ3n) is 6.31. The Balaban J connectivity index is 1.49. The molecule has 0 spiro atoms. The van der Waals surface area contributed by atoms with E-state index in [1.165, 1.54) is 16.3 Å². The number of aromatic carboxylic acids is 1. The third kappa shape index (κ3) is 5.56. The first-order valence-electron chi connectivity index (χ1n) is 11.9. The number of hydrogen-bond donors (Lipinski definition) is 3. The Kier molecular flexibility index (Phi) is 7.66. The highest BCUT2D eigenvalue weighted by Gasteiger charge is 2.13. The molecule has 0 saturated carbocycles. The van der Waals surface area contributed by atoms with E-state index in [-0.39, 0.29) is 17.5 Å². The van der Waals surface area contributed by atoms with Crippen molar-refractivity contribution in [3.63, 3.8) is 0 Å². The molecule has 36 heavy (non-hydrogen) atoms. The van der Waals surface area contributed by atoms with Gasteiger partial charge in [0.25, 0.3) is 5.91 Å². The highest BCUT2D eigenvalue weighted by molar-refractivity contribution is 5.96. The predicted octanol–water partition coefficient (Wildman–Crippen LogP) is 5.60. The summed E-state index contributed by atoms with van der Waals surface area (Å²) in [5.74, 6) is -0.683. The maximum atomic E-state index is 12.4. The number of benzene rings is 4. The van der Waals surface area contributed by atoms with E-state index in [9.17, 15) is 14.7 Å². The second-order valence-electron chi connectivity index (χ2n) is 8.75. The van der Waals surface area contributed by atoms with E-state index < -0.39 is 5.97 Å². The number of carboxylic acids is 1. The molecule has 6 heteroatoms. The van der Waals surface area contributed by atoms with Gasteiger partial charge in [0.15, 0.2) is 0 Å². The number of ether oxygens (including phenoxy) is 1. The molecule has 3 N–H and O–H groups in total. The lowest BCUT2D eigenvalue weighted by Crippen LogP contribution is -2.24. The fourth-order valence-corrected chi connectivity index (χ4v) is 4.34. The van der Waals surface area contributed by atoms with E-state index >= 15 is 0 Å². The maximum Gasteiger partial charge on any atom is 0.335 e. The van der Waals surface area contributed by atoms with Crippen LogP contribution in [0.4, 0.5) is 0 Å². The minimum atomic E-state index is -0.986. The van der Waals surface area contributed by atoms with Gasteiger partial charge in [-0.3, -0.25) is 4.79 Å². The van der Waals surface area contributed by atoms with Crippen molar-refractivity contribution in [1.29, 1.82) is 0 Å². The monoisotopic (exact) mass is 482 g/mol. The summed E-state index contributed by atoms with van der Waals surface area (Å²) in [5.41, 5.74) is 4.00. The van der Waals surface area contributed by atoms with Crippen LogP contribution >= 0.6 is 0 Å². The molecule has 4 aromatic carbocycles. The first kappa shape index (κ1) is 24.9. The van der Waals surface area contributed by atoms with Gasteiger partial charge in [-0.1, -0.05) is 54.6 Å². The average molecular weight is 483 g/mol. The Hall–Kier alpha value is -4.16. The second kappa shape index (κ2) is 11.1. The first-order chi connectivity index (χ1) is 17.4. The van der Waals surface area contributed by atoms with Gasteiger partial charge in [-0.15, -0.1) is 0 Å². The van der Waals surface area contributed by atoms with Gasteiger partial charge in [0.1, 0.15) is 12.4 Å². The summed E-state index contributed by atoms with van der Waals surface area (Å²) < 4.78 is 6.02. The van der Waals surface area contributed by atoms with Crippen molar-refractivity contribution in [2.24, 2.45) is 0 Å². The van der Waals surface area contributed by atoms with Crippen LogP contribution in [0.3, 0.4) is 0 Å². The van der Waals surface area contributed by atoms with Crippen LogP contribution in [-0.2, 0) is 0 Å². The Morgan fingerprint density at radius 3 is 2.50 bits per heavy atom. The minimum Gasteiger partial charge on any atom is -0.492 e. The Morgan fingerprint density at radius 1 is 0.944 bits per heavy atom. The van der Waals surface area contributed by atoms with E-state index in [1.54, 1.807) is 38.2 Å². The summed E-state index contributed by atoms with van der Waals surface area (Å²) in [6.07, 6.45) is 0. The predicted molar refractivity (Wildman–Crippen MR) is 143 cm³/mol. The first-order valence-corrected chi connectivity index (χ1v) is 11.9. The Morgan fingerprint density at radius 2 is 1.72 bits per heavy atom. The number of amides is 1. The molecule has 1 amide bonds. The summed E-state index contributed by atoms with van der Waals surface area (Å²) in [6, 6.07) is 25.3. The molecule has 184 valence electrons. The van der Waals surface area contributed by atoms with Gasteiger partial charge >= 0.3 is 5.97 Å². The van der Waals surface area contributed by atoms with Crippen LogP contribution in [0, 0.1) is 6.92 Å². The van der Waals surface area contributed by atoms with E-state index in [1.807, 2.05) is 24.3 Å². The molecule has 0 bridgehead atoms. The second-order valence-corrected chi connectivity index (χ2v) is 8.75. The molecule has 4 aromatic rings. The fraction of sp³-hybridized carbons (Fsp3) is 0.200. The van der Waals surface area contributed by atoms with Crippen LogP contribution in [0.15, 0.2) is 78.9 Å². The van der Waals surface area contributed by atoms with Crippen molar-refractivity contribution < 1.29 is 19.4 Å². The molecule has 4 rings (SSSR count). The number of nitrogens with one attached hydrogen (secondary N) is 2. The zero-order valence-corrected chi connectivity index (χ0v) is 20.7. The Labute approximate surface area is 210 Å². The van der Waals surface area contributed by atoms with Crippen molar-refractivity contribution in [2.75, 3.05) is 20.2 Å². The van der Waals surface area contributed by atoms with E-state index in [2.05, 4.69) is 47.9 Å². The third-order valence-corrected chi connectivity index (χ3v) is 6.31. The maximum absolute atomic E-state index is 12.4. The van der Waals surface area contributed by atoms with Crippen LogP contribution in [0.2, 0.25) is 0 Å². The normalized spacial score (nSPS) is 11.8. The van der Waals surface area contributed by atoms with Crippen molar-refractivity contribution in [3.05, 3.63) is 101 Å². The van der Waals surface area contributed by atoms with Gasteiger partial charge in [0, 0.05) is 25.2 Å². The van der Waals surface area contributed by atoms with Crippen LogP contribution in [0.25, 0.3) is 21.9 Å². The number of aryl methyl sites for hydroxylation is 1. The van der Waals surface area contributed by atoms with E-state index in [0.717, 1.165) is 0 Å². The number of carboxylic acid groups (broad SMARTS) is 1. The zero-order valence-electron chi connectivity index (χ0n) is 20.7. The number of hydrogen-bond acceptors (Lipinski definition) is 4. The summed E-state index contributed by atoms with van der Waals surface area (Å²) >= 11 is 0. The molecule has 0 fully saturated rings. The average Bonchev–Trinajstić information content (AvgIpc) is 2.90. The minimum absolute atomic E-state index is 0.134. The molecule has 0 aromatic heterocycles. The SMILES string of the molecule is CNC(=O)c1cc(OCCNC(C)c2cccc3ccccc23)cc(-c2ccc(C)c(C(=O)O)c2)c1. The van der Waals surface area contributed by atoms with E-state index in [0.29, 0.717) is 41.2 Å². The van der Waals surface area contributed by atoms with Gasteiger partial charge in [0.05, 0.1) is 5.56 Å². The van der Waals surface area contributed by atoms with Gasteiger partial charge in [-0.05, 0) is 71.1 Å². The number of carbonyl (C=O) groups is 2. The molecule has 0 heterocycles. The number of carbonyl (C=O) groups excluding carboxylic acids is 1. The van der Waals surface area contributed by atoms with E-state index in [4.69, 9.17) is 4.74 Å². The van der Waals surface area contributed by atoms with Gasteiger partial charge < -0.3 is 20.5 Å². The molecule has 0 aliphatic carbocycles. The molecule has 0 aliphatic heterocycles. The summed E-state index contributed by atoms with van der Waals surface area (Å²) in [5, 5.41) is 18.1. The lowest BCUT2D eigenvalue weighted by Gasteiger charge is -2.17. The van der Waals surface area contributed by atoms with Crippen molar-refractivity contribution in [1.82, 2.24) is 10.6 Å². The fourth-order valence-electron chi connectivity index (χ4n) is 4.34. The lowest BCUT2D eigenvalue weighted by atomic mass is 9.98. The Bertz CT molecular complexity index is 1410. The molecular weight excluding hydrogens is 452 g/mol. The zero-order chi connectivity index (χ0) is 25.7. The highest BCUT2D eigenvalue weighted by Crippen LogP contribution is 2.28. The highest BCUT2D eigenvalue weighted by atomic mass is 16.5.